The van der Waals surface area contributed by atoms with Gasteiger partial charge in [-0.2, -0.15) is 11.8 Å². The third kappa shape index (κ3) is 3.00. The lowest BCUT2D eigenvalue weighted by molar-refractivity contribution is 0.628. The molecular formula is C17H15FN2S. The molecule has 0 bridgehead atoms. The number of halogens is 1. The topological polar surface area (TPSA) is 28.7 Å². The molecule has 0 aliphatic rings. The Labute approximate surface area is 127 Å². The van der Waals surface area contributed by atoms with Crippen molar-refractivity contribution in [3.8, 4) is 22.6 Å². The maximum atomic E-state index is 13.0. The summed E-state index contributed by atoms with van der Waals surface area (Å²) in [7, 11) is 0. The summed E-state index contributed by atoms with van der Waals surface area (Å²) >= 11 is 1.74. The highest BCUT2D eigenvalue weighted by atomic mass is 32.2. The van der Waals surface area contributed by atoms with Crippen LogP contribution >= 0.6 is 11.8 Å². The first-order valence-electron chi connectivity index (χ1n) is 6.67. The van der Waals surface area contributed by atoms with E-state index in [1.807, 2.05) is 18.2 Å². The van der Waals surface area contributed by atoms with Crippen LogP contribution in [-0.4, -0.2) is 16.2 Å². The summed E-state index contributed by atoms with van der Waals surface area (Å²) in [6.45, 7) is 0. The van der Waals surface area contributed by atoms with Crippen molar-refractivity contribution >= 4 is 11.8 Å². The van der Waals surface area contributed by atoms with Crippen LogP contribution in [0.3, 0.4) is 0 Å². The van der Waals surface area contributed by atoms with E-state index >= 15 is 0 Å². The predicted molar refractivity (Wildman–Crippen MR) is 86.6 cm³/mol. The number of hydrogen-bond donors (Lipinski definition) is 1. The summed E-state index contributed by atoms with van der Waals surface area (Å²) in [6.07, 6.45) is 2.06. The van der Waals surface area contributed by atoms with Gasteiger partial charge in [0.05, 0.1) is 11.4 Å². The highest BCUT2D eigenvalue weighted by Gasteiger charge is 2.12. The van der Waals surface area contributed by atoms with E-state index in [0.717, 1.165) is 34.1 Å². The number of hydrogen-bond acceptors (Lipinski definition) is 2. The first kappa shape index (κ1) is 13.9. The Bertz CT molecular complexity index is 720. The van der Waals surface area contributed by atoms with Crippen LogP contribution in [0.5, 0.6) is 0 Å². The second-order valence-electron chi connectivity index (χ2n) is 4.72. The smallest absolute Gasteiger partial charge is 0.138 e. The first-order valence-corrected chi connectivity index (χ1v) is 8.06. The second kappa shape index (κ2) is 6.14. The van der Waals surface area contributed by atoms with Crippen LogP contribution in [0.4, 0.5) is 4.39 Å². The van der Waals surface area contributed by atoms with Gasteiger partial charge in [0.2, 0.25) is 0 Å². The van der Waals surface area contributed by atoms with E-state index in [4.69, 9.17) is 4.98 Å². The largest absolute Gasteiger partial charge is 0.341 e. The highest BCUT2D eigenvalue weighted by Crippen LogP contribution is 2.28. The quantitative estimate of drug-likeness (QED) is 0.753. The van der Waals surface area contributed by atoms with Gasteiger partial charge in [-0.15, -0.1) is 0 Å². The van der Waals surface area contributed by atoms with Crippen LogP contribution in [0.15, 0.2) is 54.6 Å². The predicted octanol–water partition coefficient (Wildman–Crippen LogP) is 4.75. The zero-order valence-electron chi connectivity index (χ0n) is 11.6. The normalized spacial score (nSPS) is 10.8. The maximum absolute atomic E-state index is 13.0. The summed E-state index contributed by atoms with van der Waals surface area (Å²) in [5, 5.41) is 0. The van der Waals surface area contributed by atoms with Gasteiger partial charge in [0.1, 0.15) is 11.6 Å². The number of nitrogens with zero attached hydrogens (tertiary/aromatic N) is 1. The average molecular weight is 298 g/mol. The molecule has 2 nitrogen and oxygen atoms in total. The van der Waals surface area contributed by atoms with Crippen LogP contribution in [0, 0.1) is 5.82 Å². The number of nitrogens with one attached hydrogen (secondary N) is 1. The molecule has 21 heavy (non-hydrogen) atoms. The van der Waals surface area contributed by atoms with E-state index in [9.17, 15) is 4.39 Å². The number of H-pyrrole nitrogens is 1. The third-order valence-electron chi connectivity index (χ3n) is 3.23. The summed E-state index contributed by atoms with van der Waals surface area (Å²) in [5.74, 6) is 1.40. The monoisotopic (exact) mass is 298 g/mol. The molecule has 0 aliphatic heterocycles. The minimum atomic E-state index is -0.238. The molecule has 0 radical (unpaired) electrons. The molecule has 1 N–H and O–H groups in total. The molecule has 2 aromatic carbocycles. The molecule has 3 aromatic rings. The van der Waals surface area contributed by atoms with Crippen molar-refractivity contribution in [2.75, 3.05) is 6.26 Å². The number of aromatic nitrogens is 2. The van der Waals surface area contributed by atoms with E-state index in [1.165, 1.54) is 12.1 Å². The summed E-state index contributed by atoms with van der Waals surface area (Å²) in [5.41, 5.74) is 4.03. The van der Waals surface area contributed by atoms with Gasteiger partial charge in [0, 0.05) is 16.9 Å². The van der Waals surface area contributed by atoms with E-state index in [2.05, 4.69) is 23.4 Å². The molecule has 4 heteroatoms. The van der Waals surface area contributed by atoms with Gasteiger partial charge in [0.25, 0.3) is 0 Å². The minimum absolute atomic E-state index is 0.238. The van der Waals surface area contributed by atoms with Crippen LogP contribution in [0.25, 0.3) is 22.6 Å². The Morgan fingerprint density at radius 3 is 2.38 bits per heavy atom. The fourth-order valence-electron chi connectivity index (χ4n) is 2.24. The Morgan fingerprint density at radius 2 is 1.71 bits per heavy atom. The van der Waals surface area contributed by atoms with Gasteiger partial charge in [-0.05, 0) is 30.5 Å². The van der Waals surface area contributed by atoms with Crippen molar-refractivity contribution in [2.24, 2.45) is 0 Å². The second-order valence-corrected chi connectivity index (χ2v) is 5.58. The lowest BCUT2D eigenvalue weighted by atomic mass is 10.1. The number of benzene rings is 2. The molecule has 0 aliphatic carbocycles. The molecule has 0 saturated heterocycles. The van der Waals surface area contributed by atoms with Crippen LogP contribution in [-0.2, 0) is 5.75 Å². The molecule has 106 valence electrons. The van der Waals surface area contributed by atoms with E-state index in [-0.39, 0.29) is 5.82 Å². The maximum Gasteiger partial charge on any atom is 0.138 e. The molecule has 1 heterocycles. The van der Waals surface area contributed by atoms with Gasteiger partial charge >= 0.3 is 0 Å². The lowest BCUT2D eigenvalue weighted by Gasteiger charge is -2.00. The van der Waals surface area contributed by atoms with Crippen molar-refractivity contribution in [2.45, 2.75) is 5.75 Å². The van der Waals surface area contributed by atoms with E-state index in [0.29, 0.717) is 0 Å². The van der Waals surface area contributed by atoms with Crippen molar-refractivity contribution < 1.29 is 4.39 Å². The Hall–Kier alpha value is -2.07. The Morgan fingerprint density at radius 1 is 1.00 bits per heavy atom. The van der Waals surface area contributed by atoms with Crippen LogP contribution in [0.2, 0.25) is 0 Å². The zero-order chi connectivity index (χ0) is 14.7. The number of imidazole rings is 1. The third-order valence-corrected chi connectivity index (χ3v) is 3.81. The molecule has 0 spiro atoms. The van der Waals surface area contributed by atoms with Crippen molar-refractivity contribution in [3.63, 3.8) is 0 Å². The molecule has 1 aromatic heterocycles. The number of rotatable bonds is 4. The van der Waals surface area contributed by atoms with Crippen molar-refractivity contribution in [1.82, 2.24) is 9.97 Å². The van der Waals surface area contributed by atoms with Gasteiger partial charge in [-0.25, -0.2) is 9.37 Å². The summed E-state index contributed by atoms with van der Waals surface area (Å²) in [6, 6.07) is 16.5. The minimum Gasteiger partial charge on any atom is -0.341 e. The number of thioether (sulfide) groups is 1. The van der Waals surface area contributed by atoms with E-state index < -0.39 is 0 Å². The summed E-state index contributed by atoms with van der Waals surface area (Å²) < 4.78 is 13.0. The SMILES string of the molecule is CSCc1[nH]c(-c2ccc(F)cc2)nc1-c1ccccc1. The Kier molecular flexibility index (Phi) is 4.06. The van der Waals surface area contributed by atoms with Gasteiger partial charge < -0.3 is 4.98 Å². The van der Waals surface area contributed by atoms with Gasteiger partial charge in [-0.1, -0.05) is 30.3 Å². The fraction of sp³-hybridized carbons (Fsp3) is 0.118. The molecule has 0 saturated carbocycles. The average Bonchev–Trinajstić information content (AvgIpc) is 2.93. The van der Waals surface area contributed by atoms with Gasteiger partial charge in [0.15, 0.2) is 0 Å². The summed E-state index contributed by atoms with van der Waals surface area (Å²) in [4.78, 5) is 8.07. The fourth-order valence-corrected chi connectivity index (χ4v) is 2.73. The van der Waals surface area contributed by atoms with Gasteiger partial charge in [-0.3, -0.25) is 0 Å². The Balaban J connectivity index is 2.06. The molecule has 0 fully saturated rings. The first-order chi connectivity index (χ1) is 10.3. The number of aromatic amines is 1. The molecule has 0 atom stereocenters. The van der Waals surface area contributed by atoms with E-state index in [1.54, 1.807) is 23.9 Å². The standard InChI is InChI=1S/C17H15FN2S/c1-21-11-15-16(12-5-3-2-4-6-12)20-17(19-15)13-7-9-14(18)10-8-13/h2-10H,11H2,1H3,(H,19,20). The molecular weight excluding hydrogens is 283 g/mol. The molecule has 0 amide bonds. The molecule has 3 rings (SSSR count). The highest BCUT2D eigenvalue weighted by molar-refractivity contribution is 7.97. The van der Waals surface area contributed by atoms with Crippen molar-refractivity contribution in [3.05, 3.63) is 66.1 Å². The van der Waals surface area contributed by atoms with Crippen molar-refractivity contribution in [1.29, 1.82) is 0 Å². The lowest BCUT2D eigenvalue weighted by Crippen LogP contribution is -1.85. The van der Waals surface area contributed by atoms with Crippen LogP contribution in [0.1, 0.15) is 5.69 Å². The molecule has 0 unspecified atom stereocenters. The van der Waals surface area contributed by atoms with Crippen LogP contribution < -0.4 is 0 Å². The zero-order valence-corrected chi connectivity index (χ0v) is 12.5.